The molecule has 2 nitrogen and oxygen atoms in total. The van der Waals surface area contributed by atoms with E-state index in [9.17, 15) is 4.39 Å². The van der Waals surface area contributed by atoms with Crippen LogP contribution < -0.4 is 4.74 Å². The maximum atomic E-state index is 13.0. The molecule has 20 heavy (non-hydrogen) atoms. The van der Waals surface area contributed by atoms with Gasteiger partial charge in [0.05, 0.1) is 7.11 Å². The fraction of sp³-hybridized carbons (Fsp3) is 0.250. The molecule has 2 aromatic rings. The van der Waals surface area contributed by atoms with E-state index in [4.69, 9.17) is 4.74 Å². The van der Waals surface area contributed by atoms with Crippen molar-refractivity contribution in [1.82, 2.24) is 4.90 Å². The Hall–Kier alpha value is -1.39. The van der Waals surface area contributed by atoms with Crippen LogP contribution in [0.4, 0.5) is 4.39 Å². The maximum absolute atomic E-state index is 13.0. The Bertz CT molecular complexity index is 571. The molecular formula is C16H17BrFNO. The standard InChI is InChI=1S/C16H17BrFNO/c1-19(10-12-3-7-15(20-2)8-4-12)11-13-5-6-14(18)9-16(13)17/h3-9H,10-11H2,1-2H3. The lowest BCUT2D eigenvalue weighted by molar-refractivity contribution is 0.318. The molecule has 2 rings (SSSR count). The number of methoxy groups -OCH3 is 1. The highest BCUT2D eigenvalue weighted by Gasteiger charge is 2.06. The van der Waals surface area contributed by atoms with Gasteiger partial charge in [-0.2, -0.15) is 0 Å². The summed E-state index contributed by atoms with van der Waals surface area (Å²) in [6.07, 6.45) is 0. The first-order valence-electron chi connectivity index (χ1n) is 6.34. The predicted molar refractivity (Wildman–Crippen MR) is 82.3 cm³/mol. The van der Waals surface area contributed by atoms with Crippen LogP contribution >= 0.6 is 15.9 Å². The molecule has 0 fully saturated rings. The first-order valence-corrected chi connectivity index (χ1v) is 7.13. The number of hydrogen-bond donors (Lipinski definition) is 0. The largest absolute Gasteiger partial charge is 0.497 e. The molecule has 0 saturated carbocycles. The van der Waals surface area contributed by atoms with Crippen LogP contribution in [0, 0.1) is 5.82 Å². The highest BCUT2D eigenvalue weighted by molar-refractivity contribution is 9.10. The van der Waals surface area contributed by atoms with Gasteiger partial charge in [-0.1, -0.05) is 34.1 Å². The summed E-state index contributed by atoms with van der Waals surface area (Å²) in [7, 11) is 3.70. The van der Waals surface area contributed by atoms with E-state index in [1.807, 2.05) is 25.2 Å². The molecule has 0 unspecified atom stereocenters. The van der Waals surface area contributed by atoms with Gasteiger partial charge >= 0.3 is 0 Å². The second-order valence-electron chi connectivity index (χ2n) is 4.76. The van der Waals surface area contributed by atoms with E-state index in [1.165, 1.54) is 17.7 Å². The van der Waals surface area contributed by atoms with Crippen molar-refractivity contribution >= 4 is 15.9 Å². The number of ether oxygens (including phenoxy) is 1. The summed E-state index contributed by atoms with van der Waals surface area (Å²) in [5.41, 5.74) is 2.29. The summed E-state index contributed by atoms with van der Waals surface area (Å²) < 4.78 is 19.0. The molecule has 0 heterocycles. The summed E-state index contributed by atoms with van der Waals surface area (Å²) in [5, 5.41) is 0. The first-order chi connectivity index (χ1) is 9.58. The molecule has 0 bridgehead atoms. The molecular weight excluding hydrogens is 321 g/mol. The smallest absolute Gasteiger partial charge is 0.124 e. The fourth-order valence-electron chi connectivity index (χ4n) is 2.04. The van der Waals surface area contributed by atoms with Crippen LogP contribution in [0.1, 0.15) is 11.1 Å². The second-order valence-corrected chi connectivity index (χ2v) is 5.61. The van der Waals surface area contributed by atoms with Crippen molar-refractivity contribution in [3.63, 3.8) is 0 Å². The lowest BCUT2D eigenvalue weighted by Crippen LogP contribution is -2.17. The Morgan fingerprint density at radius 1 is 1.10 bits per heavy atom. The average Bonchev–Trinajstić information content (AvgIpc) is 2.43. The summed E-state index contributed by atoms with van der Waals surface area (Å²) in [6.45, 7) is 1.58. The Kier molecular flexibility index (Phi) is 5.15. The maximum Gasteiger partial charge on any atom is 0.124 e. The van der Waals surface area contributed by atoms with Crippen molar-refractivity contribution < 1.29 is 9.13 Å². The Morgan fingerprint density at radius 3 is 2.40 bits per heavy atom. The fourth-order valence-corrected chi connectivity index (χ4v) is 2.52. The molecule has 0 atom stereocenters. The summed E-state index contributed by atoms with van der Waals surface area (Å²) in [5.74, 6) is 0.635. The number of nitrogens with zero attached hydrogens (tertiary/aromatic N) is 1. The summed E-state index contributed by atoms with van der Waals surface area (Å²) in [6, 6.07) is 12.8. The minimum absolute atomic E-state index is 0.224. The Balaban J connectivity index is 1.99. The minimum Gasteiger partial charge on any atom is -0.497 e. The summed E-state index contributed by atoms with van der Waals surface area (Å²) >= 11 is 3.40. The molecule has 106 valence electrons. The van der Waals surface area contributed by atoms with E-state index in [1.54, 1.807) is 7.11 Å². The van der Waals surface area contributed by atoms with Crippen LogP contribution in [0.5, 0.6) is 5.75 Å². The van der Waals surface area contributed by atoms with E-state index in [-0.39, 0.29) is 5.82 Å². The van der Waals surface area contributed by atoms with Gasteiger partial charge in [0.1, 0.15) is 11.6 Å². The van der Waals surface area contributed by atoms with Crippen molar-refractivity contribution in [3.05, 3.63) is 63.9 Å². The number of rotatable bonds is 5. The number of hydrogen-bond acceptors (Lipinski definition) is 2. The molecule has 0 saturated heterocycles. The van der Waals surface area contributed by atoms with Crippen molar-refractivity contribution in [2.45, 2.75) is 13.1 Å². The van der Waals surface area contributed by atoms with Gasteiger partial charge in [0.15, 0.2) is 0 Å². The first kappa shape index (κ1) is 15.0. The molecule has 0 aromatic heterocycles. The van der Waals surface area contributed by atoms with Crippen LogP contribution in [0.3, 0.4) is 0 Å². The molecule has 0 aliphatic carbocycles. The number of halogens is 2. The lowest BCUT2D eigenvalue weighted by atomic mass is 10.1. The normalized spacial score (nSPS) is 10.8. The lowest BCUT2D eigenvalue weighted by Gasteiger charge is -2.18. The van der Waals surface area contributed by atoms with Gasteiger partial charge < -0.3 is 4.74 Å². The number of benzene rings is 2. The zero-order valence-electron chi connectivity index (χ0n) is 11.6. The molecule has 2 aromatic carbocycles. The van der Waals surface area contributed by atoms with Gasteiger partial charge in [-0.3, -0.25) is 4.90 Å². The van der Waals surface area contributed by atoms with Crippen molar-refractivity contribution in [3.8, 4) is 5.75 Å². The zero-order chi connectivity index (χ0) is 14.5. The molecule has 0 aliphatic heterocycles. The highest BCUT2D eigenvalue weighted by atomic mass is 79.9. The average molecular weight is 338 g/mol. The van der Waals surface area contributed by atoms with E-state index < -0.39 is 0 Å². The van der Waals surface area contributed by atoms with E-state index in [0.717, 1.165) is 28.9 Å². The third-order valence-electron chi connectivity index (χ3n) is 3.07. The van der Waals surface area contributed by atoms with Crippen molar-refractivity contribution in [2.24, 2.45) is 0 Å². The molecule has 0 spiro atoms. The Labute approximate surface area is 127 Å². The van der Waals surface area contributed by atoms with Gasteiger partial charge in [-0.25, -0.2) is 4.39 Å². The van der Waals surface area contributed by atoms with Crippen molar-refractivity contribution in [1.29, 1.82) is 0 Å². The minimum atomic E-state index is -0.224. The molecule has 0 amide bonds. The predicted octanol–water partition coefficient (Wildman–Crippen LogP) is 4.23. The quantitative estimate of drug-likeness (QED) is 0.809. The van der Waals surface area contributed by atoms with Crippen LogP contribution in [-0.4, -0.2) is 19.1 Å². The van der Waals surface area contributed by atoms with Crippen LogP contribution in [0.15, 0.2) is 46.9 Å². The third-order valence-corrected chi connectivity index (χ3v) is 3.81. The molecule has 0 radical (unpaired) electrons. The van der Waals surface area contributed by atoms with E-state index >= 15 is 0 Å². The third kappa shape index (κ3) is 4.05. The van der Waals surface area contributed by atoms with Crippen LogP contribution in [0.25, 0.3) is 0 Å². The highest BCUT2D eigenvalue weighted by Crippen LogP contribution is 2.20. The van der Waals surface area contributed by atoms with Gasteiger partial charge in [0.25, 0.3) is 0 Å². The monoisotopic (exact) mass is 337 g/mol. The van der Waals surface area contributed by atoms with E-state index in [2.05, 4.69) is 33.0 Å². The van der Waals surface area contributed by atoms with Gasteiger partial charge in [-0.05, 0) is 42.4 Å². The second kappa shape index (κ2) is 6.86. The summed E-state index contributed by atoms with van der Waals surface area (Å²) in [4.78, 5) is 2.18. The Morgan fingerprint density at radius 2 is 1.80 bits per heavy atom. The van der Waals surface area contributed by atoms with Crippen LogP contribution in [-0.2, 0) is 13.1 Å². The zero-order valence-corrected chi connectivity index (χ0v) is 13.2. The molecule has 4 heteroatoms. The van der Waals surface area contributed by atoms with E-state index in [0.29, 0.717) is 0 Å². The molecule has 0 N–H and O–H groups in total. The van der Waals surface area contributed by atoms with Gasteiger partial charge in [0.2, 0.25) is 0 Å². The molecule has 0 aliphatic rings. The van der Waals surface area contributed by atoms with Crippen molar-refractivity contribution in [2.75, 3.05) is 14.2 Å². The topological polar surface area (TPSA) is 12.5 Å². The van der Waals surface area contributed by atoms with Gasteiger partial charge in [-0.15, -0.1) is 0 Å². The van der Waals surface area contributed by atoms with Crippen LogP contribution in [0.2, 0.25) is 0 Å². The van der Waals surface area contributed by atoms with Gasteiger partial charge in [0, 0.05) is 17.6 Å². The SMILES string of the molecule is COc1ccc(CN(C)Cc2ccc(F)cc2Br)cc1.